The van der Waals surface area contributed by atoms with Crippen LogP contribution in [0.25, 0.3) is 22.1 Å². The van der Waals surface area contributed by atoms with E-state index in [-0.39, 0.29) is 19.0 Å². The Labute approximate surface area is 246 Å². The van der Waals surface area contributed by atoms with E-state index in [9.17, 15) is 9.59 Å². The summed E-state index contributed by atoms with van der Waals surface area (Å²) in [6.07, 6.45) is -0.330. The van der Waals surface area contributed by atoms with Gasteiger partial charge in [-0.25, -0.2) is 4.79 Å². The normalized spacial score (nSPS) is 11.4. The molecule has 0 spiro atoms. The number of rotatable bonds is 11. The van der Waals surface area contributed by atoms with Crippen molar-refractivity contribution in [2.75, 3.05) is 13.7 Å². The molecule has 1 amide bonds. The average Bonchev–Trinajstić information content (AvgIpc) is 3.33. The summed E-state index contributed by atoms with van der Waals surface area (Å²) in [7, 11) is 1.63. The van der Waals surface area contributed by atoms with Crippen molar-refractivity contribution in [3.05, 3.63) is 88.7 Å². The van der Waals surface area contributed by atoms with Gasteiger partial charge in [0.15, 0.2) is 0 Å². The number of amides is 1. The lowest BCUT2D eigenvalue weighted by molar-refractivity contribution is -0.142. The van der Waals surface area contributed by atoms with Gasteiger partial charge in [-0.05, 0) is 87.2 Å². The Hall–Kier alpha value is -4.30. The van der Waals surface area contributed by atoms with E-state index in [0.29, 0.717) is 31.3 Å². The van der Waals surface area contributed by atoms with E-state index in [2.05, 4.69) is 5.32 Å². The number of benzene rings is 3. The van der Waals surface area contributed by atoms with Crippen molar-refractivity contribution >= 4 is 23.0 Å². The van der Waals surface area contributed by atoms with Gasteiger partial charge < -0.3 is 28.7 Å². The molecule has 0 fully saturated rings. The van der Waals surface area contributed by atoms with E-state index in [1.54, 1.807) is 14.0 Å². The van der Waals surface area contributed by atoms with Gasteiger partial charge in [-0.1, -0.05) is 30.3 Å². The summed E-state index contributed by atoms with van der Waals surface area (Å²) in [6, 6.07) is 19.8. The Morgan fingerprint density at radius 3 is 2.50 bits per heavy atom. The van der Waals surface area contributed by atoms with Crippen molar-refractivity contribution in [1.82, 2.24) is 5.32 Å². The highest BCUT2D eigenvalue weighted by molar-refractivity contribution is 5.93. The Morgan fingerprint density at radius 2 is 1.76 bits per heavy atom. The van der Waals surface area contributed by atoms with Crippen LogP contribution in [0.3, 0.4) is 0 Å². The fourth-order valence-corrected chi connectivity index (χ4v) is 4.59. The maximum Gasteiger partial charge on any atom is 0.407 e. The zero-order valence-electron chi connectivity index (χ0n) is 25.2. The quantitative estimate of drug-likeness (QED) is 0.189. The monoisotopic (exact) mass is 573 g/mol. The minimum Gasteiger partial charge on any atom is -0.489 e. The Kier molecular flexibility index (Phi) is 9.91. The lowest BCUT2D eigenvalue weighted by atomic mass is 9.99. The zero-order valence-corrected chi connectivity index (χ0v) is 25.2. The minimum absolute atomic E-state index is 0.139. The molecule has 1 N–H and O–H groups in total. The first-order valence-electron chi connectivity index (χ1n) is 14.0. The van der Waals surface area contributed by atoms with Crippen molar-refractivity contribution in [1.29, 1.82) is 0 Å². The number of hydrogen-bond acceptors (Lipinski definition) is 7. The number of alkyl carbamates (subject to hydrolysis) is 1. The lowest BCUT2D eigenvalue weighted by Gasteiger charge is -2.19. The zero-order chi connectivity index (χ0) is 30.3. The van der Waals surface area contributed by atoms with Gasteiger partial charge >= 0.3 is 12.1 Å². The summed E-state index contributed by atoms with van der Waals surface area (Å²) in [5.74, 6) is 1.07. The SMILES string of the molecule is CCOC(=O)Cc1ccc(C)cc1OCc1cc(-c2cccc(CNC(=O)OC(C)(C)C)c2)c2oc(COC)cc2c1. The van der Waals surface area contributed by atoms with Gasteiger partial charge in [0.2, 0.25) is 0 Å². The number of fused-ring (bicyclic) bond motifs is 1. The maximum atomic E-state index is 12.2. The fraction of sp³-hybridized carbons (Fsp3) is 0.353. The van der Waals surface area contributed by atoms with Crippen LogP contribution in [0.5, 0.6) is 5.75 Å². The lowest BCUT2D eigenvalue weighted by Crippen LogP contribution is -2.32. The molecule has 0 unspecified atom stereocenters. The Balaban J connectivity index is 1.63. The largest absolute Gasteiger partial charge is 0.489 e. The molecule has 0 aliphatic heterocycles. The number of methoxy groups -OCH3 is 1. The molecule has 222 valence electrons. The number of furan rings is 1. The number of carbonyl (C=O) groups excluding carboxylic acids is 2. The van der Waals surface area contributed by atoms with Crippen LogP contribution in [0.1, 0.15) is 55.7 Å². The summed E-state index contributed by atoms with van der Waals surface area (Å²) >= 11 is 0. The molecule has 3 aromatic carbocycles. The Bertz CT molecular complexity index is 1550. The van der Waals surface area contributed by atoms with Crippen LogP contribution < -0.4 is 10.1 Å². The molecule has 8 heteroatoms. The number of aryl methyl sites for hydroxylation is 1. The molecule has 0 bridgehead atoms. The van der Waals surface area contributed by atoms with Gasteiger partial charge in [0.05, 0.1) is 13.0 Å². The van der Waals surface area contributed by atoms with Crippen molar-refractivity contribution in [3.63, 3.8) is 0 Å². The molecule has 0 saturated heterocycles. The first-order valence-corrected chi connectivity index (χ1v) is 14.0. The maximum absolute atomic E-state index is 12.2. The van der Waals surface area contributed by atoms with Gasteiger partial charge in [0.1, 0.15) is 35.9 Å². The van der Waals surface area contributed by atoms with Crippen molar-refractivity contribution in [2.45, 2.75) is 66.4 Å². The van der Waals surface area contributed by atoms with Crippen LogP contribution in [0.15, 0.2) is 65.1 Å². The number of carbonyl (C=O) groups is 2. The van der Waals surface area contributed by atoms with Gasteiger partial charge in [-0.15, -0.1) is 0 Å². The fourth-order valence-electron chi connectivity index (χ4n) is 4.59. The van der Waals surface area contributed by atoms with Crippen LogP contribution >= 0.6 is 0 Å². The smallest absolute Gasteiger partial charge is 0.407 e. The summed E-state index contributed by atoms with van der Waals surface area (Å²) in [5.41, 5.74) is 5.65. The topological polar surface area (TPSA) is 96.2 Å². The molecule has 8 nitrogen and oxygen atoms in total. The highest BCUT2D eigenvalue weighted by atomic mass is 16.6. The van der Waals surface area contributed by atoms with Crippen LogP contribution in [-0.2, 0) is 45.2 Å². The second-order valence-electron chi connectivity index (χ2n) is 11.1. The first-order chi connectivity index (χ1) is 20.0. The van der Waals surface area contributed by atoms with Crippen molar-refractivity contribution < 1.29 is 33.0 Å². The molecule has 0 saturated carbocycles. The molecular weight excluding hydrogens is 534 g/mol. The number of esters is 1. The van der Waals surface area contributed by atoms with E-state index in [1.807, 2.05) is 88.4 Å². The Morgan fingerprint density at radius 1 is 0.952 bits per heavy atom. The van der Waals surface area contributed by atoms with Gasteiger partial charge in [0.25, 0.3) is 0 Å². The number of hydrogen-bond donors (Lipinski definition) is 1. The van der Waals surface area contributed by atoms with Crippen LogP contribution in [0.2, 0.25) is 0 Å². The molecule has 4 rings (SSSR count). The summed E-state index contributed by atoms with van der Waals surface area (Å²) in [5, 5.41) is 3.74. The van der Waals surface area contributed by atoms with E-state index >= 15 is 0 Å². The van der Waals surface area contributed by atoms with Crippen LogP contribution in [0, 0.1) is 6.92 Å². The highest BCUT2D eigenvalue weighted by Gasteiger charge is 2.17. The van der Waals surface area contributed by atoms with Crippen molar-refractivity contribution in [2.24, 2.45) is 0 Å². The van der Waals surface area contributed by atoms with E-state index < -0.39 is 11.7 Å². The molecule has 0 atom stereocenters. The third-order valence-electron chi connectivity index (χ3n) is 6.34. The first kappa shape index (κ1) is 30.7. The molecule has 0 radical (unpaired) electrons. The average molecular weight is 574 g/mol. The van der Waals surface area contributed by atoms with E-state index in [0.717, 1.165) is 44.3 Å². The third-order valence-corrected chi connectivity index (χ3v) is 6.34. The molecule has 1 aromatic heterocycles. The summed E-state index contributed by atoms with van der Waals surface area (Å²) in [4.78, 5) is 24.4. The van der Waals surface area contributed by atoms with Crippen LogP contribution in [0.4, 0.5) is 4.79 Å². The number of ether oxygens (including phenoxy) is 4. The van der Waals surface area contributed by atoms with E-state index in [1.165, 1.54) is 0 Å². The summed E-state index contributed by atoms with van der Waals surface area (Å²) in [6.45, 7) is 10.5. The molecule has 42 heavy (non-hydrogen) atoms. The second kappa shape index (κ2) is 13.6. The summed E-state index contributed by atoms with van der Waals surface area (Å²) < 4.78 is 28.3. The molecule has 1 heterocycles. The second-order valence-corrected chi connectivity index (χ2v) is 11.1. The third kappa shape index (κ3) is 8.36. The molecule has 0 aliphatic carbocycles. The van der Waals surface area contributed by atoms with Crippen molar-refractivity contribution in [3.8, 4) is 16.9 Å². The molecular formula is C34H39NO7. The predicted octanol–water partition coefficient (Wildman–Crippen LogP) is 7.26. The standard InChI is InChI=1S/C34H39NO7/c1-7-39-31(36)18-26-12-11-22(2)13-30(26)40-20-24-15-27-17-28(21-38-6)41-32(27)29(16-24)25-10-8-9-23(14-25)19-35-33(37)42-34(3,4)5/h8-17H,7,18-21H2,1-6H3,(H,35,37). The number of nitrogens with one attached hydrogen (secondary N) is 1. The van der Waals surface area contributed by atoms with Gasteiger partial charge in [-0.3, -0.25) is 4.79 Å². The predicted molar refractivity (Wildman–Crippen MR) is 161 cm³/mol. The molecule has 0 aliphatic rings. The van der Waals surface area contributed by atoms with Gasteiger partial charge in [-0.2, -0.15) is 0 Å². The molecule has 4 aromatic rings. The van der Waals surface area contributed by atoms with Crippen LogP contribution in [-0.4, -0.2) is 31.4 Å². The minimum atomic E-state index is -0.572. The highest BCUT2D eigenvalue weighted by Crippen LogP contribution is 2.34. The van der Waals surface area contributed by atoms with Gasteiger partial charge in [0, 0.05) is 30.2 Å². The van der Waals surface area contributed by atoms with E-state index in [4.69, 9.17) is 23.4 Å².